The van der Waals surface area contributed by atoms with Gasteiger partial charge in [-0.05, 0) is 80.5 Å². The first-order valence-electron chi connectivity index (χ1n) is 7.60. The number of anilines is 1. The molecule has 0 aliphatic rings. The van der Waals surface area contributed by atoms with Crippen molar-refractivity contribution < 1.29 is 14.9 Å². The molecule has 0 fully saturated rings. The average Bonchev–Trinajstić information content (AvgIpc) is 2.53. The average molecular weight is 315 g/mol. The zero-order chi connectivity index (χ0) is 17.6. The lowest BCUT2D eigenvalue weighted by Gasteiger charge is -2.23. The number of methoxy groups -OCH3 is 1. The fourth-order valence-electron chi connectivity index (χ4n) is 3.27. The van der Waals surface area contributed by atoms with Gasteiger partial charge in [-0.25, -0.2) is 0 Å². The van der Waals surface area contributed by atoms with Crippen LogP contribution >= 0.6 is 0 Å². The van der Waals surface area contributed by atoms with Crippen LogP contribution in [0, 0.1) is 41.5 Å². The molecule has 0 heterocycles. The first-order chi connectivity index (χ1) is 10.6. The highest BCUT2D eigenvalue weighted by Crippen LogP contribution is 2.47. The first-order valence-corrected chi connectivity index (χ1v) is 7.60. The Morgan fingerprint density at radius 3 is 1.65 bits per heavy atom. The van der Waals surface area contributed by atoms with E-state index in [0.717, 1.165) is 44.5 Å². The number of hydrogen-bond donors (Lipinski definition) is 3. The molecule has 0 aliphatic carbocycles. The van der Waals surface area contributed by atoms with Crippen LogP contribution in [-0.2, 0) is 0 Å². The Hall–Kier alpha value is -2.36. The molecule has 2 aromatic carbocycles. The molecule has 0 saturated carbocycles. The van der Waals surface area contributed by atoms with Crippen LogP contribution in [-0.4, -0.2) is 17.3 Å². The Morgan fingerprint density at radius 1 is 0.652 bits per heavy atom. The van der Waals surface area contributed by atoms with Crippen molar-refractivity contribution in [3.8, 4) is 28.4 Å². The van der Waals surface area contributed by atoms with Gasteiger partial charge in [0, 0.05) is 5.56 Å². The van der Waals surface area contributed by atoms with Crippen molar-refractivity contribution in [1.29, 1.82) is 0 Å². The largest absolute Gasteiger partial charge is 0.505 e. The van der Waals surface area contributed by atoms with Crippen molar-refractivity contribution in [2.24, 2.45) is 0 Å². The SMILES string of the molecule is COc1c(C)c(C)c(-c2c(C)c(C)c(O)c(N)c2C)c(C)c1O. The maximum Gasteiger partial charge on any atom is 0.163 e. The molecule has 0 amide bonds. The van der Waals surface area contributed by atoms with Gasteiger partial charge < -0.3 is 20.7 Å². The number of hydrogen-bond acceptors (Lipinski definition) is 4. The lowest BCUT2D eigenvalue weighted by Crippen LogP contribution is -2.04. The van der Waals surface area contributed by atoms with Crippen molar-refractivity contribution in [3.05, 3.63) is 33.4 Å². The molecule has 4 heteroatoms. The first kappa shape index (κ1) is 17.0. The summed E-state index contributed by atoms with van der Waals surface area (Å²) in [5.41, 5.74) is 13.6. The van der Waals surface area contributed by atoms with Crippen LogP contribution in [0.25, 0.3) is 11.1 Å². The second-order valence-electron chi connectivity index (χ2n) is 6.14. The second-order valence-corrected chi connectivity index (χ2v) is 6.14. The summed E-state index contributed by atoms with van der Waals surface area (Å²) in [7, 11) is 1.56. The van der Waals surface area contributed by atoms with Gasteiger partial charge in [0.05, 0.1) is 12.8 Å². The highest BCUT2D eigenvalue weighted by molar-refractivity contribution is 5.86. The minimum atomic E-state index is 0.133. The quantitative estimate of drug-likeness (QED) is 0.573. The van der Waals surface area contributed by atoms with Gasteiger partial charge in [0.1, 0.15) is 5.75 Å². The number of nitrogens with two attached hydrogens (primary N) is 1. The predicted octanol–water partition coefficient (Wildman–Crippen LogP) is 4.21. The molecular weight excluding hydrogens is 290 g/mol. The zero-order valence-corrected chi connectivity index (χ0v) is 14.9. The molecule has 2 aromatic rings. The highest BCUT2D eigenvalue weighted by atomic mass is 16.5. The number of nitrogen functional groups attached to an aromatic ring is 1. The van der Waals surface area contributed by atoms with Crippen molar-refractivity contribution in [2.45, 2.75) is 41.5 Å². The molecule has 0 bridgehead atoms. The van der Waals surface area contributed by atoms with Crippen LogP contribution in [0.5, 0.6) is 17.2 Å². The molecule has 0 atom stereocenters. The summed E-state index contributed by atoms with van der Waals surface area (Å²) in [6, 6.07) is 0. The summed E-state index contributed by atoms with van der Waals surface area (Å²) in [6.07, 6.45) is 0. The van der Waals surface area contributed by atoms with Crippen LogP contribution in [0.3, 0.4) is 0 Å². The topological polar surface area (TPSA) is 75.7 Å². The fourth-order valence-corrected chi connectivity index (χ4v) is 3.27. The summed E-state index contributed by atoms with van der Waals surface area (Å²) in [5.74, 6) is 0.782. The van der Waals surface area contributed by atoms with E-state index in [2.05, 4.69) is 0 Å². The smallest absolute Gasteiger partial charge is 0.163 e. The molecule has 0 saturated heterocycles. The molecule has 124 valence electrons. The number of benzene rings is 2. The number of aromatic hydroxyl groups is 2. The highest BCUT2D eigenvalue weighted by Gasteiger charge is 2.23. The molecule has 0 aliphatic heterocycles. The number of phenolic OH excluding ortho intramolecular Hbond substituents is 2. The van der Waals surface area contributed by atoms with Crippen LogP contribution in [0.2, 0.25) is 0 Å². The Labute approximate surface area is 137 Å². The molecular formula is C19H25NO3. The van der Waals surface area contributed by atoms with E-state index in [1.54, 1.807) is 7.11 Å². The summed E-state index contributed by atoms with van der Waals surface area (Å²) >= 11 is 0. The summed E-state index contributed by atoms with van der Waals surface area (Å²) in [5, 5.41) is 20.7. The maximum absolute atomic E-state index is 10.5. The van der Waals surface area contributed by atoms with Gasteiger partial charge in [-0.1, -0.05) is 0 Å². The van der Waals surface area contributed by atoms with E-state index >= 15 is 0 Å². The van der Waals surface area contributed by atoms with E-state index in [1.165, 1.54) is 0 Å². The van der Waals surface area contributed by atoms with Crippen molar-refractivity contribution >= 4 is 5.69 Å². The van der Waals surface area contributed by atoms with Crippen LogP contribution < -0.4 is 10.5 Å². The molecule has 0 unspecified atom stereocenters. The monoisotopic (exact) mass is 315 g/mol. The van der Waals surface area contributed by atoms with Crippen molar-refractivity contribution in [2.75, 3.05) is 12.8 Å². The molecule has 4 N–H and O–H groups in total. The van der Waals surface area contributed by atoms with Gasteiger partial charge in [-0.2, -0.15) is 0 Å². The van der Waals surface area contributed by atoms with E-state index < -0.39 is 0 Å². The van der Waals surface area contributed by atoms with E-state index in [-0.39, 0.29) is 11.5 Å². The third-order valence-corrected chi connectivity index (χ3v) is 5.00. The molecule has 4 nitrogen and oxygen atoms in total. The molecule has 2 rings (SSSR count). The van der Waals surface area contributed by atoms with Gasteiger partial charge in [0.25, 0.3) is 0 Å². The maximum atomic E-state index is 10.5. The van der Waals surface area contributed by atoms with E-state index in [1.807, 2.05) is 41.5 Å². The lowest BCUT2D eigenvalue weighted by molar-refractivity contribution is 0.369. The normalized spacial score (nSPS) is 10.9. The minimum Gasteiger partial charge on any atom is -0.505 e. The van der Waals surface area contributed by atoms with Gasteiger partial charge in [-0.3, -0.25) is 0 Å². The van der Waals surface area contributed by atoms with E-state index in [0.29, 0.717) is 11.4 Å². The molecule has 0 spiro atoms. The molecule has 0 radical (unpaired) electrons. The van der Waals surface area contributed by atoms with Crippen molar-refractivity contribution in [3.63, 3.8) is 0 Å². The third-order valence-electron chi connectivity index (χ3n) is 5.00. The standard InChI is InChI=1S/C19H25NO3/c1-8-10(3)17(21)16(20)12(5)14(8)15-9(2)11(4)19(23-7)18(22)13(15)6/h21-22H,20H2,1-7H3. The Bertz CT molecular complexity index is 749. The van der Waals surface area contributed by atoms with Crippen LogP contribution in [0.1, 0.15) is 33.4 Å². The molecule has 0 aromatic heterocycles. The van der Waals surface area contributed by atoms with E-state index in [9.17, 15) is 10.2 Å². The minimum absolute atomic E-state index is 0.133. The van der Waals surface area contributed by atoms with Crippen LogP contribution in [0.15, 0.2) is 0 Å². The van der Waals surface area contributed by atoms with Gasteiger partial charge in [0.2, 0.25) is 0 Å². The third kappa shape index (κ3) is 2.29. The zero-order valence-electron chi connectivity index (χ0n) is 14.9. The Balaban J connectivity index is 3.01. The lowest BCUT2D eigenvalue weighted by atomic mass is 9.84. The predicted molar refractivity (Wildman–Crippen MR) is 94.6 cm³/mol. The Morgan fingerprint density at radius 2 is 1.13 bits per heavy atom. The number of rotatable bonds is 2. The van der Waals surface area contributed by atoms with Gasteiger partial charge in [-0.15, -0.1) is 0 Å². The van der Waals surface area contributed by atoms with Gasteiger partial charge >= 0.3 is 0 Å². The second kappa shape index (κ2) is 5.69. The fraction of sp³-hybridized carbons (Fsp3) is 0.368. The Kier molecular flexibility index (Phi) is 4.20. The number of ether oxygens (including phenoxy) is 1. The van der Waals surface area contributed by atoms with Gasteiger partial charge in [0.15, 0.2) is 11.5 Å². The van der Waals surface area contributed by atoms with E-state index in [4.69, 9.17) is 10.5 Å². The summed E-state index contributed by atoms with van der Waals surface area (Å²) in [6.45, 7) is 11.5. The summed E-state index contributed by atoms with van der Waals surface area (Å²) in [4.78, 5) is 0. The number of phenols is 2. The molecule has 23 heavy (non-hydrogen) atoms. The van der Waals surface area contributed by atoms with Crippen molar-refractivity contribution in [1.82, 2.24) is 0 Å². The summed E-state index contributed by atoms with van der Waals surface area (Å²) < 4.78 is 5.34. The van der Waals surface area contributed by atoms with Crippen LogP contribution in [0.4, 0.5) is 5.69 Å².